The average molecular weight is 294 g/mol. The van der Waals surface area contributed by atoms with Gasteiger partial charge in [-0.2, -0.15) is 0 Å². The lowest BCUT2D eigenvalue weighted by molar-refractivity contribution is -0.384. The fraction of sp³-hybridized carbons (Fsp3) is 0.500. The van der Waals surface area contributed by atoms with Gasteiger partial charge in [0.15, 0.2) is 6.29 Å². The predicted molar refractivity (Wildman–Crippen MR) is 76.8 cm³/mol. The molecule has 0 spiro atoms. The second-order valence-electron chi connectivity index (χ2n) is 5.31. The summed E-state index contributed by atoms with van der Waals surface area (Å²) in [5, 5.41) is 21.2. The minimum Gasteiger partial charge on any atom is -0.388 e. The lowest BCUT2D eigenvalue weighted by atomic mass is 9.93. The highest BCUT2D eigenvalue weighted by Gasteiger charge is 2.31. The van der Waals surface area contributed by atoms with Gasteiger partial charge in [-0.1, -0.05) is 0 Å². The second kappa shape index (κ2) is 6.19. The number of rotatable bonds is 5. The average Bonchev–Trinajstić information content (AvgIpc) is 2.46. The first-order valence-corrected chi connectivity index (χ1v) is 6.70. The van der Waals surface area contributed by atoms with Gasteiger partial charge in [0.2, 0.25) is 0 Å². The van der Waals surface area contributed by atoms with Crippen molar-refractivity contribution in [2.45, 2.75) is 18.4 Å². The summed E-state index contributed by atoms with van der Waals surface area (Å²) in [6.45, 7) is 1.35. The molecule has 0 aromatic heterocycles. The normalized spacial score (nSPS) is 17.2. The van der Waals surface area contributed by atoms with Crippen molar-refractivity contribution < 1.29 is 19.6 Å². The molecule has 114 valence electrons. The number of anilines is 1. The Morgan fingerprint density at radius 1 is 1.48 bits per heavy atom. The quantitative estimate of drug-likeness (QED) is 0.501. The van der Waals surface area contributed by atoms with Crippen LogP contribution in [0.2, 0.25) is 0 Å². The monoisotopic (exact) mass is 294 g/mol. The van der Waals surface area contributed by atoms with E-state index in [9.17, 15) is 20.0 Å². The molecule has 1 aromatic carbocycles. The van der Waals surface area contributed by atoms with Gasteiger partial charge in [-0.15, -0.1) is 0 Å². The van der Waals surface area contributed by atoms with Crippen LogP contribution in [0.15, 0.2) is 18.2 Å². The molecule has 0 amide bonds. The molecule has 0 bridgehead atoms. The molecule has 0 aliphatic carbocycles. The molecule has 1 aromatic rings. The fourth-order valence-corrected chi connectivity index (χ4v) is 2.53. The van der Waals surface area contributed by atoms with E-state index in [2.05, 4.69) is 0 Å². The zero-order valence-corrected chi connectivity index (χ0v) is 11.8. The first-order chi connectivity index (χ1) is 9.95. The molecule has 0 saturated carbocycles. The highest BCUT2D eigenvalue weighted by molar-refractivity contribution is 5.85. The van der Waals surface area contributed by atoms with E-state index in [1.165, 1.54) is 18.2 Å². The summed E-state index contributed by atoms with van der Waals surface area (Å²) < 4.78 is 5.23. The number of nitro benzene ring substituents is 1. The van der Waals surface area contributed by atoms with Crippen molar-refractivity contribution in [2.75, 3.05) is 31.7 Å². The first kappa shape index (κ1) is 15.4. The van der Waals surface area contributed by atoms with Gasteiger partial charge in [-0.3, -0.25) is 14.9 Å². The number of ether oxygens (including phenoxy) is 1. The number of aldehydes is 1. The molecule has 7 heteroatoms. The highest BCUT2D eigenvalue weighted by Crippen LogP contribution is 2.27. The Bertz CT molecular complexity index is 540. The summed E-state index contributed by atoms with van der Waals surface area (Å²) >= 11 is 0. The van der Waals surface area contributed by atoms with Gasteiger partial charge in [0, 0.05) is 63.0 Å². The molecule has 2 rings (SSSR count). The smallest absolute Gasteiger partial charge is 0.270 e. The molecule has 1 N–H and O–H groups in total. The fourth-order valence-electron chi connectivity index (χ4n) is 2.53. The topological polar surface area (TPSA) is 92.9 Å². The van der Waals surface area contributed by atoms with E-state index in [4.69, 9.17) is 4.74 Å². The predicted octanol–water partition coefficient (Wildman–Crippen LogP) is 1.38. The lowest BCUT2D eigenvalue weighted by Gasteiger charge is -2.36. The van der Waals surface area contributed by atoms with Crippen molar-refractivity contribution in [1.29, 1.82) is 0 Å². The standard InChI is InChI=1S/C14H18N2O5/c1-15(10-14(18)4-6-21-7-5-14)13-3-2-12(16(19)20)8-11(13)9-17/h2-3,8-9,18H,4-7,10H2,1H3. The first-order valence-electron chi connectivity index (χ1n) is 6.70. The maximum absolute atomic E-state index is 11.1. The molecule has 0 unspecified atom stereocenters. The molecular formula is C14H18N2O5. The summed E-state index contributed by atoms with van der Waals surface area (Å²) in [6.07, 6.45) is 1.65. The zero-order chi connectivity index (χ0) is 15.5. The molecule has 7 nitrogen and oxygen atoms in total. The molecule has 1 aliphatic rings. The summed E-state index contributed by atoms with van der Waals surface area (Å²) in [5.74, 6) is 0. The Kier molecular flexibility index (Phi) is 4.54. The Labute approximate surface area is 122 Å². The largest absolute Gasteiger partial charge is 0.388 e. The van der Waals surface area contributed by atoms with E-state index in [-0.39, 0.29) is 11.3 Å². The van der Waals surface area contributed by atoms with Crippen LogP contribution in [0.1, 0.15) is 23.2 Å². The Balaban J connectivity index is 2.20. The number of carbonyl (C=O) groups is 1. The molecule has 0 atom stereocenters. The van der Waals surface area contributed by atoms with Crippen LogP contribution in [-0.4, -0.2) is 48.7 Å². The van der Waals surface area contributed by atoms with E-state index < -0.39 is 10.5 Å². The number of nitro groups is 1. The van der Waals surface area contributed by atoms with E-state index in [0.29, 0.717) is 44.6 Å². The van der Waals surface area contributed by atoms with Gasteiger partial charge >= 0.3 is 0 Å². The van der Waals surface area contributed by atoms with E-state index in [0.717, 1.165) is 0 Å². The maximum Gasteiger partial charge on any atom is 0.270 e. The number of likely N-dealkylation sites (N-methyl/N-ethyl adjacent to an activating group) is 1. The van der Waals surface area contributed by atoms with Crippen molar-refractivity contribution in [3.05, 3.63) is 33.9 Å². The summed E-state index contributed by atoms with van der Waals surface area (Å²) in [4.78, 5) is 23.1. The lowest BCUT2D eigenvalue weighted by Crippen LogP contribution is -2.46. The summed E-state index contributed by atoms with van der Waals surface area (Å²) in [6, 6.07) is 4.13. The minimum absolute atomic E-state index is 0.126. The number of nitrogens with zero attached hydrogens (tertiary/aromatic N) is 2. The van der Waals surface area contributed by atoms with E-state index in [1.54, 1.807) is 11.9 Å². The van der Waals surface area contributed by atoms with Crippen LogP contribution < -0.4 is 4.90 Å². The van der Waals surface area contributed by atoms with Crippen LogP contribution in [-0.2, 0) is 4.74 Å². The summed E-state index contributed by atoms with van der Waals surface area (Å²) in [7, 11) is 1.75. The zero-order valence-electron chi connectivity index (χ0n) is 11.8. The van der Waals surface area contributed by atoms with Gasteiger partial charge < -0.3 is 14.7 Å². The number of hydrogen-bond donors (Lipinski definition) is 1. The molecule has 0 radical (unpaired) electrons. The molecule has 1 aliphatic heterocycles. The van der Waals surface area contributed by atoms with Crippen molar-refractivity contribution in [1.82, 2.24) is 0 Å². The number of hydrogen-bond acceptors (Lipinski definition) is 6. The Hall–Kier alpha value is -1.99. The van der Waals surface area contributed by atoms with Crippen molar-refractivity contribution >= 4 is 17.7 Å². The van der Waals surface area contributed by atoms with Crippen molar-refractivity contribution in [3.63, 3.8) is 0 Å². The third kappa shape index (κ3) is 3.56. The molecular weight excluding hydrogens is 276 g/mol. The van der Waals surface area contributed by atoms with Gasteiger partial charge in [0.1, 0.15) is 0 Å². The Morgan fingerprint density at radius 3 is 2.71 bits per heavy atom. The van der Waals surface area contributed by atoms with Crippen LogP contribution in [0, 0.1) is 10.1 Å². The Morgan fingerprint density at radius 2 is 2.14 bits per heavy atom. The van der Waals surface area contributed by atoms with E-state index in [1.807, 2.05) is 0 Å². The van der Waals surface area contributed by atoms with Crippen LogP contribution >= 0.6 is 0 Å². The summed E-state index contributed by atoms with van der Waals surface area (Å²) in [5.41, 5.74) is -0.188. The number of aliphatic hydroxyl groups is 1. The van der Waals surface area contributed by atoms with Gasteiger partial charge in [-0.25, -0.2) is 0 Å². The number of non-ortho nitro benzene ring substituents is 1. The molecule has 1 heterocycles. The molecule has 21 heavy (non-hydrogen) atoms. The highest BCUT2D eigenvalue weighted by atomic mass is 16.6. The van der Waals surface area contributed by atoms with Gasteiger partial charge in [0.05, 0.1) is 10.5 Å². The maximum atomic E-state index is 11.1. The van der Waals surface area contributed by atoms with Crippen molar-refractivity contribution in [3.8, 4) is 0 Å². The molecule has 1 fully saturated rings. The van der Waals surface area contributed by atoms with Crippen LogP contribution in [0.4, 0.5) is 11.4 Å². The number of benzene rings is 1. The van der Waals surface area contributed by atoms with Gasteiger partial charge in [-0.05, 0) is 6.07 Å². The third-order valence-electron chi connectivity index (χ3n) is 3.72. The van der Waals surface area contributed by atoms with Crippen LogP contribution in [0.5, 0.6) is 0 Å². The third-order valence-corrected chi connectivity index (χ3v) is 3.72. The van der Waals surface area contributed by atoms with Crippen LogP contribution in [0.25, 0.3) is 0 Å². The van der Waals surface area contributed by atoms with E-state index >= 15 is 0 Å². The van der Waals surface area contributed by atoms with Gasteiger partial charge in [0.25, 0.3) is 5.69 Å². The second-order valence-corrected chi connectivity index (χ2v) is 5.31. The molecule has 1 saturated heterocycles. The minimum atomic E-state index is -0.866. The number of carbonyl (C=O) groups excluding carboxylic acids is 1. The SMILES string of the molecule is CN(CC1(O)CCOCC1)c1ccc([N+](=O)[O-])cc1C=O. The van der Waals surface area contributed by atoms with Crippen molar-refractivity contribution in [2.24, 2.45) is 0 Å². The van der Waals surface area contributed by atoms with Crippen LogP contribution in [0.3, 0.4) is 0 Å².